The Morgan fingerprint density at radius 3 is 2.48 bits per heavy atom. The number of aliphatic carboxylic acids is 1. The summed E-state index contributed by atoms with van der Waals surface area (Å²) in [5.74, 6) is 0.833. The molecule has 0 fully saturated rings. The number of carbonyl (C=O) groups is 2. The van der Waals surface area contributed by atoms with Crippen LogP contribution in [-0.2, 0) is 9.59 Å². The van der Waals surface area contributed by atoms with Crippen LogP contribution in [0, 0.1) is 29.6 Å². The molecule has 0 heterocycles. The Kier molecular flexibility index (Phi) is 10.5. The van der Waals surface area contributed by atoms with Crippen molar-refractivity contribution >= 4 is 17.6 Å². The van der Waals surface area contributed by atoms with Gasteiger partial charge >= 0.3 is 5.97 Å². The van der Waals surface area contributed by atoms with Crippen LogP contribution >= 0.6 is 0 Å². The van der Waals surface area contributed by atoms with Gasteiger partial charge in [-0.2, -0.15) is 5.26 Å². The lowest BCUT2D eigenvalue weighted by atomic mass is 10.00. The number of aliphatic hydroxyl groups excluding tert-OH is 1. The maximum atomic E-state index is 12.1. The minimum atomic E-state index is -0.759. The van der Waals surface area contributed by atoms with E-state index in [1.807, 2.05) is 6.92 Å². The number of rotatable bonds is 12. The van der Waals surface area contributed by atoms with Crippen molar-refractivity contribution in [3.8, 4) is 24.2 Å². The zero-order valence-electron chi connectivity index (χ0n) is 16.5. The fourth-order valence-electron chi connectivity index (χ4n) is 2.58. The second-order valence-corrected chi connectivity index (χ2v) is 6.40. The van der Waals surface area contributed by atoms with Gasteiger partial charge < -0.3 is 20.3 Å². The number of anilines is 1. The second-order valence-electron chi connectivity index (χ2n) is 6.40. The molecule has 154 valence electrons. The highest BCUT2D eigenvalue weighted by atomic mass is 16.5. The number of carbonyl (C=O) groups excluding carboxylic acids is 1. The Bertz CT molecular complexity index is 800. The number of allylic oxidation sites excluding steroid dienone is 1. The van der Waals surface area contributed by atoms with Crippen molar-refractivity contribution in [2.45, 2.75) is 45.4 Å². The number of hydrogen-bond donors (Lipinski definition) is 3. The third kappa shape index (κ3) is 8.40. The number of nitrogens with zero attached hydrogens (tertiary/aromatic N) is 1. The van der Waals surface area contributed by atoms with Gasteiger partial charge in [0.1, 0.15) is 17.6 Å². The number of unbranched alkanes of at least 4 members (excludes halogenated alkanes) is 1. The van der Waals surface area contributed by atoms with Gasteiger partial charge in [0.15, 0.2) is 5.57 Å². The molecule has 0 spiro atoms. The van der Waals surface area contributed by atoms with E-state index in [2.05, 4.69) is 11.2 Å². The maximum absolute atomic E-state index is 12.1. The van der Waals surface area contributed by atoms with Crippen molar-refractivity contribution in [2.75, 3.05) is 11.9 Å². The third-order valence-electron chi connectivity index (χ3n) is 4.30. The van der Waals surface area contributed by atoms with Crippen molar-refractivity contribution in [2.24, 2.45) is 5.92 Å². The standard InChI is InChI=1S/C22H26N2O5/c1-3-5-9-20(25)19(15-23)21(26)24-17-10-12-18(13-11-17)29-14-7-6-8-16(4-2)22(27)28/h1,10-13,16,25H,4-9,14H2,2H3,(H,24,26)(H,27,28). The summed E-state index contributed by atoms with van der Waals surface area (Å²) in [5, 5.41) is 30.4. The molecule has 1 aromatic rings. The zero-order valence-corrected chi connectivity index (χ0v) is 16.5. The Morgan fingerprint density at radius 1 is 1.24 bits per heavy atom. The quantitative estimate of drug-likeness (QED) is 0.161. The molecule has 1 aromatic carbocycles. The summed E-state index contributed by atoms with van der Waals surface area (Å²) in [6.07, 6.45) is 8.16. The van der Waals surface area contributed by atoms with E-state index in [9.17, 15) is 14.7 Å². The van der Waals surface area contributed by atoms with Crippen LogP contribution in [0.1, 0.15) is 45.4 Å². The molecule has 1 atom stereocenters. The normalized spacial score (nSPS) is 12.1. The molecule has 1 amide bonds. The highest BCUT2D eigenvalue weighted by Gasteiger charge is 2.15. The number of ether oxygens (including phenoxy) is 1. The predicted octanol–water partition coefficient (Wildman–Crippen LogP) is 4.03. The summed E-state index contributed by atoms with van der Waals surface area (Å²) in [7, 11) is 0. The number of aliphatic hydroxyl groups is 1. The largest absolute Gasteiger partial charge is 0.511 e. The lowest BCUT2D eigenvalue weighted by molar-refractivity contribution is -0.142. The molecule has 0 aliphatic heterocycles. The SMILES string of the molecule is C#CCCC(O)=C(C#N)C(=O)Nc1ccc(OCCCCC(CC)C(=O)O)cc1. The molecule has 1 unspecified atom stereocenters. The molecule has 7 heteroatoms. The van der Waals surface area contributed by atoms with Gasteiger partial charge in [0.25, 0.3) is 5.91 Å². The van der Waals surface area contributed by atoms with Gasteiger partial charge in [-0.05, 0) is 49.9 Å². The van der Waals surface area contributed by atoms with Gasteiger partial charge in [-0.1, -0.05) is 6.92 Å². The molecule has 0 aliphatic rings. The van der Waals surface area contributed by atoms with E-state index in [0.29, 0.717) is 30.9 Å². The predicted molar refractivity (Wildman–Crippen MR) is 109 cm³/mol. The van der Waals surface area contributed by atoms with Gasteiger partial charge in [0.2, 0.25) is 0 Å². The number of hydrogen-bond acceptors (Lipinski definition) is 5. The first kappa shape index (κ1) is 23.6. The van der Waals surface area contributed by atoms with Crippen molar-refractivity contribution in [1.82, 2.24) is 0 Å². The molecule has 0 aromatic heterocycles. The van der Waals surface area contributed by atoms with Crippen LogP contribution in [0.4, 0.5) is 5.69 Å². The summed E-state index contributed by atoms with van der Waals surface area (Å²) in [5.41, 5.74) is 0.0828. The van der Waals surface area contributed by atoms with Crippen LogP contribution in [-0.4, -0.2) is 28.7 Å². The van der Waals surface area contributed by atoms with Crippen LogP contribution in [0.3, 0.4) is 0 Å². The Balaban J connectivity index is 2.49. The summed E-state index contributed by atoms with van der Waals surface area (Å²) < 4.78 is 5.61. The van der Waals surface area contributed by atoms with E-state index < -0.39 is 11.9 Å². The average molecular weight is 398 g/mol. The molecule has 0 saturated carbocycles. The Labute approximate surface area is 171 Å². The molecule has 3 N–H and O–H groups in total. The topological polar surface area (TPSA) is 120 Å². The first-order chi connectivity index (χ1) is 13.9. The van der Waals surface area contributed by atoms with Gasteiger partial charge in [0.05, 0.1) is 12.5 Å². The molecular formula is C22H26N2O5. The van der Waals surface area contributed by atoms with E-state index in [-0.39, 0.29) is 30.1 Å². The third-order valence-corrected chi connectivity index (χ3v) is 4.30. The molecule has 0 bridgehead atoms. The second kappa shape index (κ2) is 12.9. The highest BCUT2D eigenvalue weighted by molar-refractivity contribution is 6.06. The molecule has 1 rings (SSSR count). The van der Waals surface area contributed by atoms with Crippen LogP contribution in [0.25, 0.3) is 0 Å². The first-order valence-electron chi connectivity index (χ1n) is 9.45. The molecule has 7 nitrogen and oxygen atoms in total. The van der Waals surface area contributed by atoms with Crippen LogP contribution in [0.2, 0.25) is 0 Å². The number of benzene rings is 1. The Hall–Kier alpha value is -3.45. The van der Waals surface area contributed by atoms with Gasteiger partial charge in [-0.3, -0.25) is 9.59 Å². The number of carboxylic acids is 1. The first-order valence-corrected chi connectivity index (χ1v) is 9.45. The van der Waals surface area contributed by atoms with Gasteiger partial charge in [-0.15, -0.1) is 12.3 Å². The average Bonchev–Trinajstić information content (AvgIpc) is 2.70. The van der Waals surface area contributed by atoms with Crippen molar-refractivity contribution in [3.63, 3.8) is 0 Å². The smallest absolute Gasteiger partial charge is 0.306 e. The summed E-state index contributed by atoms with van der Waals surface area (Å²) in [4.78, 5) is 23.1. The number of amides is 1. The molecule has 0 saturated heterocycles. The van der Waals surface area contributed by atoms with Crippen LogP contribution < -0.4 is 10.1 Å². The fraction of sp³-hybridized carbons (Fsp3) is 0.409. The van der Waals surface area contributed by atoms with Gasteiger partial charge in [0, 0.05) is 18.5 Å². The van der Waals surface area contributed by atoms with Crippen LogP contribution in [0.5, 0.6) is 5.75 Å². The van der Waals surface area contributed by atoms with E-state index >= 15 is 0 Å². The Morgan fingerprint density at radius 2 is 1.93 bits per heavy atom. The minimum Gasteiger partial charge on any atom is -0.511 e. The van der Waals surface area contributed by atoms with Crippen molar-refractivity contribution in [1.29, 1.82) is 5.26 Å². The summed E-state index contributed by atoms with van der Waals surface area (Å²) in [6, 6.07) is 8.29. The molecule has 0 radical (unpaired) electrons. The number of carboxylic acid groups (broad SMARTS) is 1. The van der Waals surface area contributed by atoms with Crippen LogP contribution in [0.15, 0.2) is 35.6 Å². The van der Waals surface area contributed by atoms with E-state index in [4.69, 9.17) is 21.5 Å². The summed E-state index contributed by atoms with van der Waals surface area (Å²) in [6.45, 7) is 2.33. The molecule has 29 heavy (non-hydrogen) atoms. The minimum absolute atomic E-state index is 0.0606. The number of nitriles is 1. The number of terminal acetylenes is 1. The number of nitrogens with one attached hydrogen (secondary N) is 1. The van der Waals surface area contributed by atoms with Gasteiger partial charge in [-0.25, -0.2) is 0 Å². The molecule has 0 aliphatic carbocycles. The monoisotopic (exact) mass is 398 g/mol. The lowest BCUT2D eigenvalue weighted by Gasteiger charge is -2.10. The van der Waals surface area contributed by atoms with E-state index in [1.54, 1.807) is 30.3 Å². The van der Waals surface area contributed by atoms with E-state index in [1.165, 1.54) is 0 Å². The lowest BCUT2D eigenvalue weighted by Crippen LogP contribution is -2.15. The summed E-state index contributed by atoms with van der Waals surface area (Å²) >= 11 is 0. The molecular weight excluding hydrogens is 372 g/mol. The van der Waals surface area contributed by atoms with Crippen molar-refractivity contribution < 1.29 is 24.5 Å². The maximum Gasteiger partial charge on any atom is 0.306 e. The highest BCUT2D eigenvalue weighted by Crippen LogP contribution is 2.18. The van der Waals surface area contributed by atoms with E-state index in [0.717, 1.165) is 12.8 Å². The van der Waals surface area contributed by atoms with Crippen molar-refractivity contribution in [3.05, 3.63) is 35.6 Å². The fourth-order valence-corrected chi connectivity index (χ4v) is 2.58. The zero-order chi connectivity index (χ0) is 21.6.